The molecule has 8 heteroatoms. The van der Waals surface area contributed by atoms with Gasteiger partial charge in [0.2, 0.25) is 0 Å². The number of aryl methyl sites for hydroxylation is 3. The third-order valence-electron chi connectivity index (χ3n) is 2.93. The molecule has 4 nitrogen and oxygen atoms in total. The molecule has 0 radical (unpaired) electrons. The third-order valence-corrected chi connectivity index (χ3v) is 3.25. The van der Waals surface area contributed by atoms with Crippen LogP contribution >= 0.6 is 12.2 Å². The summed E-state index contributed by atoms with van der Waals surface area (Å²) < 4.78 is 40.3. The van der Waals surface area contributed by atoms with E-state index in [0.717, 1.165) is 24.1 Å². The predicted molar refractivity (Wildman–Crippen MR) is 68.6 cm³/mol. The largest absolute Gasteiger partial charge is 0.390 e. The molecule has 0 spiro atoms. The molecular formula is C11H15F3N4S. The topological polar surface area (TPSA) is 38.5 Å². The molecule has 0 saturated carbocycles. The lowest BCUT2D eigenvalue weighted by atomic mass is 10.2. The van der Waals surface area contributed by atoms with Crippen molar-refractivity contribution in [1.29, 1.82) is 0 Å². The summed E-state index contributed by atoms with van der Waals surface area (Å²) in [6, 6.07) is 0. The van der Waals surface area contributed by atoms with Crippen molar-refractivity contribution in [2.24, 2.45) is 7.05 Å². The lowest BCUT2D eigenvalue weighted by Crippen LogP contribution is -2.13. The lowest BCUT2D eigenvalue weighted by Gasteiger charge is -2.07. The maximum Gasteiger partial charge on any atom is 0.390 e. The molecule has 2 heterocycles. The molecular weight excluding hydrogens is 277 g/mol. The number of imidazole rings is 1. The zero-order valence-electron chi connectivity index (χ0n) is 10.7. The first-order chi connectivity index (χ1) is 8.83. The number of alkyl halides is 3. The number of aromatic amines is 1. The summed E-state index contributed by atoms with van der Waals surface area (Å²) in [6.45, 7) is 1.84. The Bertz CT molecular complexity index is 635. The van der Waals surface area contributed by atoms with Crippen molar-refractivity contribution >= 4 is 23.4 Å². The minimum absolute atomic E-state index is 0.187. The Labute approximate surface area is 113 Å². The van der Waals surface area contributed by atoms with Crippen molar-refractivity contribution in [1.82, 2.24) is 19.3 Å². The fourth-order valence-electron chi connectivity index (χ4n) is 2.14. The molecule has 0 aliphatic heterocycles. The number of hydrogen-bond acceptors (Lipinski definition) is 2. The maximum atomic E-state index is 12.3. The number of aromatic nitrogens is 4. The van der Waals surface area contributed by atoms with Gasteiger partial charge in [-0.3, -0.25) is 4.68 Å². The molecule has 19 heavy (non-hydrogen) atoms. The van der Waals surface area contributed by atoms with Gasteiger partial charge in [-0.05, 0) is 18.6 Å². The smallest absolute Gasteiger partial charge is 0.328 e. The molecule has 0 aliphatic rings. The van der Waals surface area contributed by atoms with Crippen molar-refractivity contribution in [2.75, 3.05) is 0 Å². The van der Waals surface area contributed by atoms with Gasteiger partial charge in [0.15, 0.2) is 10.4 Å². The Hall–Kier alpha value is -1.31. The summed E-state index contributed by atoms with van der Waals surface area (Å²) in [7, 11) is 1.72. The monoisotopic (exact) mass is 292 g/mol. The molecule has 1 N–H and O–H groups in total. The quantitative estimate of drug-likeness (QED) is 0.878. The SMILES string of the molecule is CCCc1nn(C)c2c1[nH]c(=S)n2CCC(F)(F)F. The van der Waals surface area contributed by atoms with E-state index >= 15 is 0 Å². The molecule has 0 amide bonds. The van der Waals surface area contributed by atoms with E-state index in [4.69, 9.17) is 12.2 Å². The molecule has 0 bridgehead atoms. The van der Waals surface area contributed by atoms with E-state index in [1.54, 1.807) is 11.7 Å². The maximum absolute atomic E-state index is 12.3. The highest BCUT2D eigenvalue weighted by Gasteiger charge is 2.27. The van der Waals surface area contributed by atoms with Crippen molar-refractivity contribution in [3.05, 3.63) is 10.5 Å². The molecule has 106 valence electrons. The summed E-state index contributed by atoms with van der Waals surface area (Å²) in [5.41, 5.74) is 2.21. The molecule has 2 aromatic rings. The van der Waals surface area contributed by atoms with Crippen LogP contribution in [0.2, 0.25) is 0 Å². The van der Waals surface area contributed by atoms with Crippen LogP contribution in [-0.2, 0) is 20.0 Å². The summed E-state index contributed by atoms with van der Waals surface area (Å²) in [4.78, 5) is 2.96. The Balaban J connectivity index is 2.44. The van der Waals surface area contributed by atoms with Gasteiger partial charge in [0.05, 0.1) is 12.1 Å². The van der Waals surface area contributed by atoms with E-state index in [0.29, 0.717) is 10.4 Å². The van der Waals surface area contributed by atoms with E-state index < -0.39 is 12.6 Å². The van der Waals surface area contributed by atoms with E-state index in [9.17, 15) is 13.2 Å². The summed E-state index contributed by atoms with van der Waals surface area (Å²) in [5.74, 6) is 0. The van der Waals surface area contributed by atoms with Crippen molar-refractivity contribution in [2.45, 2.75) is 38.9 Å². The Morgan fingerprint density at radius 1 is 1.37 bits per heavy atom. The van der Waals surface area contributed by atoms with Crippen LogP contribution in [0, 0.1) is 4.77 Å². The number of hydrogen-bond donors (Lipinski definition) is 1. The van der Waals surface area contributed by atoms with Crippen LogP contribution in [0.25, 0.3) is 11.2 Å². The average molecular weight is 292 g/mol. The molecule has 0 atom stereocenters. The highest BCUT2D eigenvalue weighted by molar-refractivity contribution is 7.71. The van der Waals surface area contributed by atoms with Gasteiger partial charge in [-0.25, -0.2) is 0 Å². The third kappa shape index (κ3) is 2.83. The second-order valence-electron chi connectivity index (χ2n) is 4.47. The Morgan fingerprint density at radius 3 is 2.63 bits per heavy atom. The predicted octanol–water partition coefficient (Wildman–Crippen LogP) is 3.34. The van der Waals surface area contributed by atoms with E-state index in [-0.39, 0.29) is 6.54 Å². The van der Waals surface area contributed by atoms with Gasteiger partial charge in [0, 0.05) is 13.6 Å². The van der Waals surface area contributed by atoms with Crippen LogP contribution in [0.5, 0.6) is 0 Å². The van der Waals surface area contributed by atoms with Crippen LogP contribution in [0.4, 0.5) is 13.2 Å². The first kappa shape index (κ1) is 14.1. The number of nitrogens with one attached hydrogen (secondary N) is 1. The second kappa shape index (κ2) is 4.99. The number of nitrogens with zero attached hydrogens (tertiary/aromatic N) is 3. The molecule has 0 aromatic carbocycles. The van der Waals surface area contributed by atoms with Gasteiger partial charge in [-0.1, -0.05) is 13.3 Å². The van der Waals surface area contributed by atoms with Crippen molar-refractivity contribution in [3.63, 3.8) is 0 Å². The Morgan fingerprint density at radius 2 is 2.05 bits per heavy atom. The molecule has 0 fully saturated rings. The standard InChI is InChI=1S/C11H15F3N4S/c1-3-4-7-8-9(17(2)16-7)18(10(19)15-8)6-5-11(12,13)14/h3-6H2,1-2H3,(H,15,19). The van der Waals surface area contributed by atoms with Crippen molar-refractivity contribution in [3.8, 4) is 0 Å². The second-order valence-corrected chi connectivity index (χ2v) is 4.85. The van der Waals surface area contributed by atoms with Gasteiger partial charge >= 0.3 is 6.18 Å². The minimum atomic E-state index is -4.19. The van der Waals surface area contributed by atoms with Crippen LogP contribution in [-0.4, -0.2) is 25.5 Å². The summed E-state index contributed by atoms with van der Waals surface area (Å²) >= 11 is 5.10. The fourth-order valence-corrected chi connectivity index (χ4v) is 2.42. The number of fused-ring (bicyclic) bond motifs is 1. The van der Waals surface area contributed by atoms with Gasteiger partial charge in [-0.2, -0.15) is 18.3 Å². The highest BCUT2D eigenvalue weighted by Crippen LogP contribution is 2.24. The average Bonchev–Trinajstić information content (AvgIpc) is 2.75. The van der Waals surface area contributed by atoms with Crippen LogP contribution in [0.15, 0.2) is 0 Å². The number of H-pyrrole nitrogens is 1. The van der Waals surface area contributed by atoms with E-state index in [2.05, 4.69) is 10.1 Å². The lowest BCUT2D eigenvalue weighted by molar-refractivity contribution is -0.136. The van der Waals surface area contributed by atoms with E-state index in [1.165, 1.54) is 4.57 Å². The molecule has 0 saturated heterocycles. The first-order valence-corrected chi connectivity index (χ1v) is 6.45. The fraction of sp³-hybridized carbons (Fsp3) is 0.636. The van der Waals surface area contributed by atoms with Crippen molar-refractivity contribution < 1.29 is 13.2 Å². The normalized spacial score (nSPS) is 12.5. The number of rotatable bonds is 4. The first-order valence-electron chi connectivity index (χ1n) is 6.04. The van der Waals surface area contributed by atoms with Crippen LogP contribution in [0.1, 0.15) is 25.5 Å². The molecule has 2 aromatic heterocycles. The highest BCUT2D eigenvalue weighted by atomic mass is 32.1. The van der Waals surface area contributed by atoms with Gasteiger partial charge < -0.3 is 9.55 Å². The minimum Gasteiger partial charge on any atom is -0.328 e. The molecule has 0 unspecified atom stereocenters. The summed E-state index contributed by atoms with van der Waals surface area (Å²) in [6.07, 6.45) is -3.40. The zero-order valence-corrected chi connectivity index (χ0v) is 11.5. The van der Waals surface area contributed by atoms with Crippen LogP contribution < -0.4 is 0 Å². The van der Waals surface area contributed by atoms with E-state index in [1.807, 2.05) is 6.92 Å². The van der Waals surface area contributed by atoms with Gasteiger partial charge in [-0.15, -0.1) is 0 Å². The van der Waals surface area contributed by atoms with Gasteiger partial charge in [0.25, 0.3) is 0 Å². The Kier molecular flexibility index (Phi) is 3.71. The van der Waals surface area contributed by atoms with Crippen LogP contribution in [0.3, 0.4) is 0 Å². The molecule has 2 rings (SSSR count). The number of halogens is 3. The van der Waals surface area contributed by atoms with Gasteiger partial charge in [0.1, 0.15) is 5.52 Å². The summed E-state index contributed by atoms with van der Waals surface area (Å²) in [5, 5.41) is 4.32. The zero-order chi connectivity index (χ0) is 14.2. The molecule has 0 aliphatic carbocycles.